The Morgan fingerprint density at radius 1 is 1.09 bits per heavy atom. The second-order valence-corrected chi connectivity index (χ2v) is 6.09. The summed E-state index contributed by atoms with van der Waals surface area (Å²) in [4.78, 5) is 13.5. The zero-order chi connectivity index (χ0) is 15.5. The highest BCUT2D eigenvalue weighted by Gasteiger charge is 2.12. The van der Waals surface area contributed by atoms with Crippen molar-refractivity contribution < 1.29 is 4.79 Å². The maximum atomic E-state index is 12.5. The molecule has 3 nitrogen and oxygen atoms in total. The van der Waals surface area contributed by atoms with Crippen molar-refractivity contribution in [3.63, 3.8) is 0 Å². The lowest BCUT2D eigenvalue weighted by Crippen LogP contribution is -2.19. The SMILES string of the molecule is Cc1ccsc1/C=N\NC(=O)c1c(C)ccc2ccccc12. The van der Waals surface area contributed by atoms with E-state index in [4.69, 9.17) is 0 Å². The monoisotopic (exact) mass is 308 g/mol. The summed E-state index contributed by atoms with van der Waals surface area (Å²) in [6.07, 6.45) is 1.69. The molecule has 0 saturated heterocycles. The molecule has 0 unspecified atom stereocenters. The first kappa shape index (κ1) is 14.5. The van der Waals surface area contributed by atoms with Crippen molar-refractivity contribution in [2.75, 3.05) is 0 Å². The molecule has 1 amide bonds. The molecule has 0 radical (unpaired) electrons. The van der Waals surface area contributed by atoms with E-state index < -0.39 is 0 Å². The van der Waals surface area contributed by atoms with Crippen LogP contribution in [0.1, 0.15) is 26.4 Å². The predicted octanol–water partition coefficient (Wildman–Crippen LogP) is 4.28. The van der Waals surface area contributed by atoms with E-state index in [2.05, 4.69) is 10.5 Å². The highest BCUT2D eigenvalue weighted by atomic mass is 32.1. The fraction of sp³-hybridized carbons (Fsp3) is 0.111. The topological polar surface area (TPSA) is 41.5 Å². The second-order valence-electron chi connectivity index (χ2n) is 5.15. The molecule has 3 aromatic rings. The summed E-state index contributed by atoms with van der Waals surface area (Å²) in [7, 11) is 0. The van der Waals surface area contributed by atoms with Crippen molar-refractivity contribution >= 4 is 34.2 Å². The number of carbonyl (C=O) groups excluding carboxylic acids is 1. The Balaban J connectivity index is 1.88. The van der Waals surface area contributed by atoms with Crippen LogP contribution in [0.15, 0.2) is 52.9 Å². The van der Waals surface area contributed by atoms with Gasteiger partial charge in [0.25, 0.3) is 5.91 Å². The minimum Gasteiger partial charge on any atom is -0.267 e. The molecule has 0 atom stereocenters. The number of benzene rings is 2. The summed E-state index contributed by atoms with van der Waals surface area (Å²) in [5.74, 6) is -0.181. The van der Waals surface area contributed by atoms with Crippen LogP contribution in [0.25, 0.3) is 10.8 Å². The third-order valence-electron chi connectivity index (χ3n) is 3.61. The summed E-state index contributed by atoms with van der Waals surface area (Å²) in [5.41, 5.74) is 5.41. The average molecular weight is 308 g/mol. The van der Waals surface area contributed by atoms with E-state index in [1.54, 1.807) is 17.6 Å². The van der Waals surface area contributed by atoms with E-state index in [-0.39, 0.29) is 5.91 Å². The molecule has 0 fully saturated rings. The van der Waals surface area contributed by atoms with Crippen LogP contribution in [0.5, 0.6) is 0 Å². The number of amides is 1. The van der Waals surface area contributed by atoms with Crippen molar-refractivity contribution in [1.29, 1.82) is 0 Å². The summed E-state index contributed by atoms with van der Waals surface area (Å²) >= 11 is 1.60. The number of hydrogen-bond donors (Lipinski definition) is 1. The minimum atomic E-state index is -0.181. The van der Waals surface area contributed by atoms with E-state index in [1.807, 2.05) is 61.7 Å². The number of carbonyl (C=O) groups is 1. The Kier molecular flexibility index (Phi) is 4.02. The van der Waals surface area contributed by atoms with Gasteiger partial charge in [-0.2, -0.15) is 5.10 Å². The number of aryl methyl sites for hydroxylation is 2. The van der Waals surface area contributed by atoms with Gasteiger partial charge in [-0.3, -0.25) is 4.79 Å². The summed E-state index contributed by atoms with van der Waals surface area (Å²) in [6.45, 7) is 3.96. The molecule has 1 aromatic heterocycles. The van der Waals surface area contributed by atoms with Gasteiger partial charge in [-0.25, -0.2) is 5.43 Å². The van der Waals surface area contributed by atoms with Gasteiger partial charge in [0, 0.05) is 4.88 Å². The summed E-state index contributed by atoms with van der Waals surface area (Å²) in [6, 6.07) is 13.9. The van der Waals surface area contributed by atoms with Gasteiger partial charge >= 0.3 is 0 Å². The Bertz CT molecular complexity index is 864. The summed E-state index contributed by atoms with van der Waals surface area (Å²) in [5, 5.41) is 8.09. The van der Waals surface area contributed by atoms with E-state index in [0.717, 1.165) is 26.8 Å². The van der Waals surface area contributed by atoms with E-state index in [1.165, 1.54) is 0 Å². The molecule has 2 aromatic carbocycles. The molecule has 0 saturated carbocycles. The van der Waals surface area contributed by atoms with Crippen LogP contribution in [-0.4, -0.2) is 12.1 Å². The highest BCUT2D eigenvalue weighted by Crippen LogP contribution is 2.22. The lowest BCUT2D eigenvalue weighted by molar-refractivity contribution is 0.0956. The fourth-order valence-corrected chi connectivity index (χ4v) is 3.19. The standard InChI is InChI=1S/C18H16N2OS/c1-12-9-10-22-16(12)11-19-20-18(21)17-13(2)7-8-14-5-3-4-6-15(14)17/h3-11H,1-2H3,(H,20,21)/b19-11-. The van der Waals surface area contributed by atoms with Gasteiger partial charge in [0.15, 0.2) is 0 Å². The quantitative estimate of drug-likeness (QED) is 0.569. The van der Waals surface area contributed by atoms with Crippen LogP contribution in [-0.2, 0) is 0 Å². The van der Waals surface area contributed by atoms with Crippen LogP contribution in [0, 0.1) is 13.8 Å². The van der Waals surface area contributed by atoms with Gasteiger partial charge in [0.05, 0.1) is 11.8 Å². The van der Waals surface area contributed by atoms with E-state index in [0.29, 0.717) is 5.56 Å². The molecule has 0 aliphatic carbocycles. The van der Waals surface area contributed by atoms with Gasteiger partial charge in [0.2, 0.25) is 0 Å². The molecule has 0 aliphatic heterocycles. The Morgan fingerprint density at radius 2 is 1.91 bits per heavy atom. The lowest BCUT2D eigenvalue weighted by atomic mass is 9.99. The third-order valence-corrected chi connectivity index (χ3v) is 4.57. The minimum absolute atomic E-state index is 0.181. The van der Waals surface area contributed by atoms with E-state index >= 15 is 0 Å². The second kappa shape index (κ2) is 6.12. The number of hydrogen-bond acceptors (Lipinski definition) is 3. The number of thiophene rings is 1. The molecule has 4 heteroatoms. The van der Waals surface area contributed by atoms with Crippen LogP contribution < -0.4 is 5.43 Å². The highest BCUT2D eigenvalue weighted by molar-refractivity contribution is 7.11. The van der Waals surface area contributed by atoms with Crippen LogP contribution in [0.2, 0.25) is 0 Å². The molecule has 0 spiro atoms. The summed E-state index contributed by atoms with van der Waals surface area (Å²) < 4.78 is 0. The third kappa shape index (κ3) is 2.78. The number of nitrogens with zero attached hydrogens (tertiary/aromatic N) is 1. The average Bonchev–Trinajstić information content (AvgIpc) is 2.92. The van der Waals surface area contributed by atoms with Crippen LogP contribution >= 0.6 is 11.3 Å². The van der Waals surface area contributed by atoms with Crippen molar-refractivity contribution in [1.82, 2.24) is 5.43 Å². The van der Waals surface area contributed by atoms with Gasteiger partial charge in [-0.15, -0.1) is 11.3 Å². The van der Waals surface area contributed by atoms with Gasteiger partial charge in [-0.1, -0.05) is 36.4 Å². The zero-order valence-corrected chi connectivity index (χ0v) is 13.3. The number of fused-ring (bicyclic) bond motifs is 1. The van der Waals surface area contributed by atoms with Gasteiger partial charge < -0.3 is 0 Å². The molecule has 110 valence electrons. The smallest absolute Gasteiger partial charge is 0.267 e. The normalized spacial score (nSPS) is 11.2. The Labute approximate surface area is 133 Å². The molecule has 1 N–H and O–H groups in total. The van der Waals surface area contributed by atoms with E-state index in [9.17, 15) is 4.79 Å². The lowest BCUT2D eigenvalue weighted by Gasteiger charge is -2.08. The molecular weight excluding hydrogens is 292 g/mol. The zero-order valence-electron chi connectivity index (χ0n) is 12.5. The first-order valence-electron chi connectivity index (χ1n) is 7.02. The van der Waals surface area contributed by atoms with Crippen molar-refractivity contribution in [2.45, 2.75) is 13.8 Å². The maximum absolute atomic E-state index is 12.5. The maximum Gasteiger partial charge on any atom is 0.272 e. The molecule has 0 aliphatic rings. The fourth-order valence-electron chi connectivity index (χ4n) is 2.40. The first-order valence-corrected chi connectivity index (χ1v) is 7.90. The molecule has 22 heavy (non-hydrogen) atoms. The molecular formula is C18H16N2OS. The van der Waals surface area contributed by atoms with Crippen molar-refractivity contribution in [3.8, 4) is 0 Å². The van der Waals surface area contributed by atoms with Crippen LogP contribution in [0.4, 0.5) is 0 Å². The van der Waals surface area contributed by atoms with Gasteiger partial charge in [0.1, 0.15) is 0 Å². The largest absolute Gasteiger partial charge is 0.272 e. The first-order chi connectivity index (χ1) is 10.7. The van der Waals surface area contributed by atoms with Crippen molar-refractivity contribution in [2.24, 2.45) is 5.10 Å². The van der Waals surface area contributed by atoms with Gasteiger partial charge in [-0.05, 0) is 47.2 Å². The predicted molar refractivity (Wildman–Crippen MR) is 92.8 cm³/mol. The molecule has 0 bridgehead atoms. The van der Waals surface area contributed by atoms with Crippen molar-refractivity contribution in [3.05, 3.63) is 69.4 Å². The Hall–Kier alpha value is -2.46. The Morgan fingerprint density at radius 3 is 2.68 bits per heavy atom. The number of rotatable bonds is 3. The molecule has 3 rings (SSSR count). The van der Waals surface area contributed by atoms with Crippen LogP contribution in [0.3, 0.4) is 0 Å². The molecule has 1 heterocycles. The number of nitrogens with one attached hydrogen (secondary N) is 1. The number of hydrazone groups is 1.